The Morgan fingerprint density at radius 3 is 2.55 bits per heavy atom. The highest BCUT2D eigenvalue weighted by atomic mass is 32.2. The summed E-state index contributed by atoms with van der Waals surface area (Å²) in [6.07, 6.45) is 1.80. The van der Waals surface area contributed by atoms with Crippen molar-refractivity contribution in [2.24, 2.45) is 0 Å². The van der Waals surface area contributed by atoms with Crippen LogP contribution in [0.25, 0.3) is 0 Å². The van der Waals surface area contributed by atoms with Gasteiger partial charge in [-0.3, -0.25) is 0 Å². The summed E-state index contributed by atoms with van der Waals surface area (Å²) >= 11 is 0. The second kappa shape index (κ2) is 6.05. The fraction of sp³-hybridized carbons (Fsp3) is 0.200. The van der Waals surface area contributed by atoms with E-state index in [9.17, 15) is 12.8 Å². The summed E-state index contributed by atoms with van der Waals surface area (Å²) in [5.74, 6) is -0.265. The first-order chi connectivity index (χ1) is 9.47. The van der Waals surface area contributed by atoms with Gasteiger partial charge in [0.25, 0.3) is 0 Å². The van der Waals surface area contributed by atoms with Gasteiger partial charge in [-0.1, -0.05) is 24.3 Å². The van der Waals surface area contributed by atoms with E-state index in [1.165, 1.54) is 18.4 Å². The number of rotatable bonds is 5. The van der Waals surface area contributed by atoms with Crippen molar-refractivity contribution in [3.8, 4) is 0 Å². The van der Waals surface area contributed by atoms with Crippen molar-refractivity contribution in [3.63, 3.8) is 0 Å². The Bertz CT molecular complexity index is 699. The van der Waals surface area contributed by atoms with Crippen LogP contribution in [-0.4, -0.2) is 21.2 Å². The number of hydrogen-bond donors (Lipinski definition) is 1. The van der Waals surface area contributed by atoms with Gasteiger partial charge in [0.05, 0.1) is 10.6 Å². The third kappa shape index (κ3) is 3.81. The van der Waals surface area contributed by atoms with Gasteiger partial charge in [0.15, 0.2) is 9.84 Å². The van der Waals surface area contributed by atoms with Crippen molar-refractivity contribution in [1.29, 1.82) is 0 Å². The van der Waals surface area contributed by atoms with Crippen LogP contribution in [0.3, 0.4) is 0 Å². The Kier molecular flexibility index (Phi) is 4.39. The third-order valence-electron chi connectivity index (χ3n) is 2.90. The fourth-order valence-corrected chi connectivity index (χ4v) is 2.84. The van der Waals surface area contributed by atoms with E-state index in [0.29, 0.717) is 18.7 Å². The lowest BCUT2D eigenvalue weighted by Crippen LogP contribution is -2.09. The molecule has 2 aromatic rings. The van der Waals surface area contributed by atoms with Gasteiger partial charge in [-0.25, -0.2) is 12.8 Å². The lowest BCUT2D eigenvalue weighted by Gasteiger charge is -2.10. The zero-order chi connectivity index (χ0) is 14.6. The molecule has 1 N–H and O–H groups in total. The first-order valence-corrected chi connectivity index (χ1v) is 8.13. The van der Waals surface area contributed by atoms with Gasteiger partial charge in [0.1, 0.15) is 5.82 Å². The van der Waals surface area contributed by atoms with Crippen LogP contribution in [0.2, 0.25) is 0 Å². The van der Waals surface area contributed by atoms with E-state index >= 15 is 0 Å². The van der Waals surface area contributed by atoms with Gasteiger partial charge < -0.3 is 5.32 Å². The summed E-state index contributed by atoms with van der Waals surface area (Å²) in [6.45, 7) is 0.538. The summed E-state index contributed by atoms with van der Waals surface area (Å²) in [6, 6.07) is 13.1. The number of anilines is 1. The molecule has 0 fully saturated rings. The van der Waals surface area contributed by atoms with Crippen LogP contribution in [-0.2, 0) is 16.3 Å². The number of sulfone groups is 1. The summed E-state index contributed by atoms with van der Waals surface area (Å²) in [7, 11) is -3.26. The molecule has 0 bridgehead atoms. The number of halogens is 1. The maximum Gasteiger partial charge on any atom is 0.177 e. The van der Waals surface area contributed by atoms with Gasteiger partial charge in [-0.05, 0) is 36.2 Å². The minimum Gasteiger partial charge on any atom is -0.384 e. The van der Waals surface area contributed by atoms with E-state index in [1.807, 2.05) is 6.07 Å². The summed E-state index contributed by atoms with van der Waals surface area (Å²) in [5.41, 5.74) is 1.45. The highest BCUT2D eigenvalue weighted by molar-refractivity contribution is 7.90. The molecule has 0 aromatic heterocycles. The fourth-order valence-electron chi connectivity index (χ4n) is 1.97. The van der Waals surface area contributed by atoms with Crippen LogP contribution in [0.1, 0.15) is 5.56 Å². The SMILES string of the molecule is CS(=O)(=O)c1ccccc1NCCc1cccc(F)c1. The quantitative estimate of drug-likeness (QED) is 0.922. The van der Waals surface area contributed by atoms with Gasteiger partial charge in [0, 0.05) is 12.8 Å². The van der Waals surface area contributed by atoms with Crippen molar-refractivity contribution < 1.29 is 12.8 Å². The van der Waals surface area contributed by atoms with Crippen molar-refractivity contribution in [2.45, 2.75) is 11.3 Å². The summed E-state index contributed by atoms with van der Waals surface area (Å²) in [5, 5.41) is 3.09. The second-order valence-corrected chi connectivity index (χ2v) is 6.56. The van der Waals surface area contributed by atoms with E-state index < -0.39 is 9.84 Å². The summed E-state index contributed by atoms with van der Waals surface area (Å²) in [4.78, 5) is 0.277. The molecule has 0 aliphatic heterocycles. The van der Waals surface area contributed by atoms with Gasteiger partial charge in [-0.15, -0.1) is 0 Å². The van der Waals surface area contributed by atoms with E-state index in [-0.39, 0.29) is 10.7 Å². The standard InChI is InChI=1S/C15H16FNO2S/c1-20(18,19)15-8-3-2-7-14(15)17-10-9-12-5-4-6-13(16)11-12/h2-8,11,17H,9-10H2,1H3. The summed E-state index contributed by atoms with van der Waals surface area (Å²) < 4.78 is 36.3. The zero-order valence-corrected chi connectivity index (χ0v) is 12.0. The zero-order valence-electron chi connectivity index (χ0n) is 11.1. The molecule has 5 heteroatoms. The molecule has 2 rings (SSSR count). The molecule has 0 amide bonds. The Hall–Kier alpha value is -1.88. The molecule has 0 atom stereocenters. The van der Waals surface area contributed by atoms with E-state index in [4.69, 9.17) is 0 Å². The predicted octanol–water partition coefficient (Wildman–Crippen LogP) is 2.88. The molecule has 3 nitrogen and oxygen atoms in total. The van der Waals surface area contributed by atoms with E-state index in [1.54, 1.807) is 30.3 Å². The maximum atomic E-state index is 13.0. The third-order valence-corrected chi connectivity index (χ3v) is 4.06. The number of hydrogen-bond acceptors (Lipinski definition) is 3. The molecule has 0 radical (unpaired) electrons. The van der Waals surface area contributed by atoms with Crippen molar-refractivity contribution in [3.05, 3.63) is 59.9 Å². The van der Waals surface area contributed by atoms with Gasteiger partial charge in [0.2, 0.25) is 0 Å². The topological polar surface area (TPSA) is 46.2 Å². The predicted molar refractivity (Wildman–Crippen MR) is 78.1 cm³/mol. The average Bonchev–Trinajstić information content (AvgIpc) is 2.38. The molecule has 0 aliphatic carbocycles. The monoisotopic (exact) mass is 293 g/mol. The normalized spacial score (nSPS) is 11.3. The number of nitrogens with one attached hydrogen (secondary N) is 1. The molecule has 2 aromatic carbocycles. The minimum atomic E-state index is -3.26. The molecular formula is C15H16FNO2S. The smallest absolute Gasteiger partial charge is 0.177 e. The van der Waals surface area contributed by atoms with Crippen LogP contribution in [0.15, 0.2) is 53.4 Å². The lowest BCUT2D eigenvalue weighted by atomic mass is 10.1. The highest BCUT2D eigenvalue weighted by Gasteiger charge is 2.11. The first-order valence-electron chi connectivity index (χ1n) is 6.24. The molecule has 0 heterocycles. The van der Waals surface area contributed by atoms with Crippen LogP contribution in [0, 0.1) is 5.82 Å². The van der Waals surface area contributed by atoms with Crippen molar-refractivity contribution in [2.75, 3.05) is 18.1 Å². The van der Waals surface area contributed by atoms with E-state index in [2.05, 4.69) is 5.32 Å². The Morgan fingerprint density at radius 1 is 1.10 bits per heavy atom. The van der Waals surface area contributed by atoms with Gasteiger partial charge >= 0.3 is 0 Å². The molecule has 0 unspecified atom stereocenters. The van der Waals surface area contributed by atoms with Gasteiger partial charge in [-0.2, -0.15) is 0 Å². The van der Waals surface area contributed by atoms with E-state index in [0.717, 1.165) is 5.56 Å². The Labute approximate surface area is 118 Å². The number of benzene rings is 2. The Morgan fingerprint density at radius 2 is 1.85 bits per heavy atom. The van der Waals surface area contributed by atoms with Crippen molar-refractivity contribution >= 4 is 15.5 Å². The molecule has 20 heavy (non-hydrogen) atoms. The maximum absolute atomic E-state index is 13.0. The Balaban J connectivity index is 2.05. The minimum absolute atomic E-state index is 0.265. The van der Waals surface area contributed by atoms with Crippen LogP contribution >= 0.6 is 0 Å². The molecule has 0 saturated carbocycles. The molecule has 106 valence electrons. The van der Waals surface area contributed by atoms with Crippen molar-refractivity contribution in [1.82, 2.24) is 0 Å². The molecular weight excluding hydrogens is 277 g/mol. The number of para-hydroxylation sites is 1. The molecule has 0 spiro atoms. The average molecular weight is 293 g/mol. The van der Waals surface area contributed by atoms with Crippen LogP contribution in [0.4, 0.5) is 10.1 Å². The first kappa shape index (κ1) is 14.5. The lowest BCUT2D eigenvalue weighted by molar-refractivity contribution is 0.602. The molecule has 0 saturated heterocycles. The highest BCUT2D eigenvalue weighted by Crippen LogP contribution is 2.20. The second-order valence-electron chi connectivity index (χ2n) is 4.58. The van der Waals surface area contributed by atoms with Crippen LogP contribution < -0.4 is 5.32 Å². The van der Waals surface area contributed by atoms with Crippen LogP contribution in [0.5, 0.6) is 0 Å². The largest absolute Gasteiger partial charge is 0.384 e. The molecule has 0 aliphatic rings.